The van der Waals surface area contributed by atoms with E-state index in [2.05, 4.69) is 81.5 Å². The summed E-state index contributed by atoms with van der Waals surface area (Å²) in [6.07, 6.45) is 74.9. The monoisotopic (exact) mass is 993 g/mol. The third kappa shape index (κ3) is 57.9. The molecular weight excluding hydrogens is 877 g/mol. The maximum absolute atomic E-state index is 12.9. The van der Waals surface area contributed by atoms with Crippen molar-refractivity contribution in [3.8, 4) is 0 Å². The summed E-state index contributed by atoms with van der Waals surface area (Å²) in [4.78, 5) is 38.3. The zero-order valence-corrected chi connectivity index (χ0v) is 47.2. The lowest BCUT2D eigenvalue weighted by atomic mass is 10.0. The van der Waals surface area contributed by atoms with Gasteiger partial charge < -0.3 is 14.2 Å². The second-order valence-corrected chi connectivity index (χ2v) is 20.6. The molecule has 6 heteroatoms. The molecule has 0 fully saturated rings. The summed E-state index contributed by atoms with van der Waals surface area (Å²) in [6, 6.07) is 0. The number of unbranched alkanes of at least 4 members (excludes halogenated alkanes) is 35. The molecule has 1 atom stereocenters. The smallest absolute Gasteiger partial charge is 0.306 e. The molecule has 0 saturated heterocycles. The largest absolute Gasteiger partial charge is 0.462 e. The highest BCUT2D eigenvalue weighted by Gasteiger charge is 2.19. The van der Waals surface area contributed by atoms with Gasteiger partial charge in [0, 0.05) is 19.3 Å². The average molecular weight is 994 g/mol. The molecule has 0 N–H and O–H groups in total. The van der Waals surface area contributed by atoms with Crippen LogP contribution in [0.25, 0.3) is 0 Å². The number of carbonyl (C=O) groups excluding carboxylic acids is 3. The Balaban J connectivity index is 4.38. The van der Waals surface area contributed by atoms with E-state index in [1.807, 2.05) is 0 Å². The van der Waals surface area contributed by atoms with Crippen LogP contribution in [0.2, 0.25) is 0 Å². The maximum Gasteiger partial charge on any atom is 0.306 e. The molecule has 0 aromatic carbocycles. The van der Waals surface area contributed by atoms with E-state index in [1.165, 1.54) is 193 Å². The highest BCUT2D eigenvalue weighted by atomic mass is 16.6. The lowest BCUT2D eigenvalue weighted by Crippen LogP contribution is -2.30. The van der Waals surface area contributed by atoms with E-state index in [4.69, 9.17) is 14.2 Å². The molecule has 0 amide bonds. The van der Waals surface area contributed by atoms with Crippen LogP contribution in [0, 0.1) is 0 Å². The molecule has 0 bridgehead atoms. The molecule has 0 saturated carbocycles. The van der Waals surface area contributed by atoms with Crippen molar-refractivity contribution in [2.75, 3.05) is 13.2 Å². The molecule has 6 nitrogen and oxygen atoms in total. The summed E-state index contributed by atoms with van der Waals surface area (Å²) in [6.45, 7) is 6.61. The molecular formula is C65H116O6. The number of carbonyl (C=O) groups is 3. The third-order valence-corrected chi connectivity index (χ3v) is 13.5. The fourth-order valence-electron chi connectivity index (χ4n) is 8.83. The van der Waals surface area contributed by atoms with Gasteiger partial charge in [0.1, 0.15) is 13.2 Å². The van der Waals surface area contributed by atoms with Crippen LogP contribution in [0.5, 0.6) is 0 Å². The van der Waals surface area contributed by atoms with Crippen molar-refractivity contribution < 1.29 is 28.6 Å². The van der Waals surface area contributed by atoms with Crippen molar-refractivity contribution in [1.82, 2.24) is 0 Å². The van der Waals surface area contributed by atoms with Crippen LogP contribution in [-0.2, 0) is 28.6 Å². The molecule has 0 aliphatic rings. The van der Waals surface area contributed by atoms with Gasteiger partial charge in [0.05, 0.1) is 0 Å². The van der Waals surface area contributed by atoms with E-state index in [9.17, 15) is 14.4 Å². The fraction of sp³-hybridized carbons (Fsp3) is 0.800. The predicted molar refractivity (Wildman–Crippen MR) is 307 cm³/mol. The van der Waals surface area contributed by atoms with E-state index >= 15 is 0 Å². The first-order valence-corrected chi connectivity index (χ1v) is 30.8. The first-order valence-electron chi connectivity index (χ1n) is 30.8. The van der Waals surface area contributed by atoms with Gasteiger partial charge in [-0.3, -0.25) is 14.4 Å². The first-order chi connectivity index (χ1) is 35.0. The van der Waals surface area contributed by atoms with Gasteiger partial charge in [-0.05, 0) is 89.9 Å². The van der Waals surface area contributed by atoms with Gasteiger partial charge >= 0.3 is 17.9 Å². The molecule has 71 heavy (non-hydrogen) atoms. The summed E-state index contributed by atoms with van der Waals surface area (Å²) >= 11 is 0. The van der Waals surface area contributed by atoms with Crippen molar-refractivity contribution in [2.45, 2.75) is 322 Å². The number of ether oxygens (including phenoxy) is 3. The maximum atomic E-state index is 12.9. The van der Waals surface area contributed by atoms with Gasteiger partial charge in [0.15, 0.2) is 6.10 Å². The summed E-state index contributed by atoms with van der Waals surface area (Å²) in [7, 11) is 0. The Morgan fingerprint density at radius 1 is 0.282 bits per heavy atom. The Labute approximate surface area is 440 Å². The van der Waals surface area contributed by atoms with E-state index in [0.29, 0.717) is 19.3 Å². The fourth-order valence-corrected chi connectivity index (χ4v) is 8.83. The normalized spacial score (nSPS) is 12.4. The lowest BCUT2D eigenvalue weighted by molar-refractivity contribution is -0.167. The van der Waals surface area contributed by atoms with Gasteiger partial charge in [-0.2, -0.15) is 0 Å². The number of esters is 3. The van der Waals surface area contributed by atoms with Gasteiger partial charge in [-0.25, -0.2) is 0 Å². The zero-order valence-electron chi connectivity index (χ0n) is 47.2. The Bertz CT molecular complexity index is 1280. The molecule has 0 aromatic rings. The van der Waals surface area contributed by atoms with Crippen LogP contribution in [-0.4, -0.2) is 37.2 Å². The third-order valence-electron chi connectivity index (χ3n) is 13.5. The van der Waals surface area contributed by atoms with Crippen LogP contribution in [0.15, 0.2) is 60.8 Å². The molecule has 1 unspecified atom stereocenters. The number of hydrogen-bond donors (Lipinski definition) is 0. The predicted octanol–water partition coefficient (Wildman–Crippen LogP) is 20.8. The van der Waals surface area contributed by atoms with E-state index < -0.39 is 6.10 Å². The number of allylic oxidation sites excluding steroid dienone is 10. The van der Waals surface area contributed by atoms with Gasteiger partial charge in [-0.15, -0.1) is 0 Å². The van der Waals surface area contributed by atoms with Crippen molar-refractivity contribution in [1.29, 1.82) is 0 Å². The highest BCUT2D eigenvalue weighted by Crippen LogP contribution is 2.16. The molecule has 0 radical (unpaired) electrons. The Morgan fingerprint density at radius 3 is 0.817 bits per heavy atom. The van der Waals surface area contributed by atoms with Crippen LogP contribution in [0.3, 0.4) is 0 Å². The van der Waals surface area contributed by atoms with E-state index in [0.717, 1.165) is 83.5 Å². The molecule has 0 aliphatic carbocycles. The summed E-state index contributed by atoms with van der Waals surface area (Å²) in [5, 5.41) is 0. The minimum absolute atomic E-state index is 0.0772. The van der Waals surface area contributed by atoms with Gasteiger partial charge in [0.2, 0.25) is 0 Å². The number of rotatable bonds is 56. The zero-order chi connectivity index (χ0) is 51.4. The van der Waals surface area contributed by atoms with Crippen LogP contribution in [0.4, 0.5) is 0 Å². The van der Waals surface area contributed by atoms with Crippen molar-refractivity contribution in [2.24, 2.45) is 0 Å². The van der Waals surface area contributed by atoms with Crippen molar-refractivity contribution in [3.63, 3.8) is 0 Å². The highest BCUT2D eigenvalue weighted by molar-refractivity contribution is 5.71. The molecule has 412 valence electrons. The lowest BCUT2D eigenvalue weighted by Gasteiger charge is -2.18. The molecule has 0 rings (SSSR count). The molecule has 0 aromatic heterocycles. The Morgan fingerprint density at radius 2 is 0.507 bits per heavy atom. The van der Waals surface area contributed by atoms with Crippen molar-refractivity contribution >= 4 is 17.9 Å². The van der Waals surface area contributed by atoms with E-state index in [-0.39, 0.29) is 31.1 Å². The Hall–Kier alpha value is -2.89. The van der Waals surface area contributed by atoms with Crippen molar-refractivity contribution in [3.05, 3.63) is 60.8 Å². The summed E-state index contributed by atoms with van der Waals surface area (Å²) in [5.74, 6) is -0.878. The SMILES string of the molecule is CCCCC/C=C\C/C=C\C/C=C\CCCCCCCCC(=O)OCC(COC(=O)CCCCCCCCCCCCCCCCC)OC(=O)CCCCCCCCCCC/C=C\C/C=C\CCCCC. The van der Waals surface area contributed by atoms with Gasteiger partial charge in [-0.1, -0.05) is 268 Å². The molecule has 0 spiro atoms. The second kappa shape index (κ2) is 59.7. The van der Waals surface area contributed by atoms with Crippen LogP contribution < -0.4 is 0 Å². The Kier molecular flexibility index (Phi) is 57.2. The minimum Gasteiger partial charge on any atom is -0.462 e. The quantitative estimate of drug-likeness (QED) is 0.0261. The summed E-state index contributed by atoms with van der Waals surface area (Å²) in [5.41, 5.74) is 0. The van der Waals surface area contributed by atoms with E-state index in [1.54, 1.807) is 0 Å². The van der Waals surface area contributed by atoms with Crippen LogP contribution in [0.1, 0.15) is 316 Å². The number of hydrogen-bond acceptors (Lipinski definition) is 6. The minimum atomic E-state index is -0.781. The average Bonchev–Trinajstić information content (AvgIpc) is 3.37. The van der Waals surface area contributed by atoms with Gasteiger partial charge in [0.25, 0.3) is 0 Å². The first kappa shape index (κ1) is 68.1. The molecule has 0 heterocycles. The van der Waals surface area contributed by atoms with Crippen LogP contribution >= 0.6 is 0 Å². The topological polar surface area (TPSA) is 78.9 Å². The molecule has 0 aliphatic heterocycles. The second-order valence-electron chi connectivity index (χ2n) is 20.6. The standard InChI is InChI=1S/C65H116O6/c1-4-7-10-13-16-19-22-25-28-30-32-34-37-40-43-46-49-52-55-58-64(67)70-61-62(60-69-63(66)57-54-51-48-45-42-39-36-27-24-21-18-15-12-9-6-3)71-65(68)59-56-53-50-47-44-41-38-35-33-31-29-26-23-20-17-14-11-8-5-2/h16-17,19-20,25-26,28-29,32,34,62H,4-15,18,21-24,27,30-31,33,35-61H2,1-3H3/b19-16-,20-17-,28-25-,29-26-,34-32-. The summed E-state index contributed by atoms with van der Waals surface area (Å²) < 4.78 is 16.9.